The van der Waals surface area contributed by atoms with Gasteiger partial charge in [0.25, 0.3) is 0 Å². The Hall–Kier alpha value is -0.620. The van der Waals surface area contributed by atoms with Gasteiger partial charge in [-0.3, -0.25) is 9.59 Å². The lowest BCUT2D eigenvalue weighted by Gasteiger charge is -2.23. The molecule has 6 heteroatoms. The van der Waals surface area contributed by atoms with E-state index < -0.39 is 18.1 Å². The Bertz CT molecular complexity index is 272. The number of hydrogen-bond donors (Lipinski definition) is 2. The number of halogens is 1. The van der Waals surface area contributed by atoms with Crippen LogP contribution in [0.25, 0.3) is 0 Å². The van der Waals surface area contributed by atoms with Crippen LogP contribution in [0, 0.1) is 0 Å². The summed E-state index contributed by atoms with van der Waals surface area (Å²) in [5.74, 6) is -0.742. The van der Waals surface area contributed by atoms with Gasteiger partial charge in [0.05, 0.1) is 10.9 Å². The molecule has 3 N–H and O–H groups in total. The number of primary amides is 1. The molecule has 1 rings (SSSR count). The van der Waals surface area contributed by atoms with E-state index in [1.807, 2.05) is 6.92 Å². The monoisotopic (exact) mass is 278 g/mol. The van der Waals surface area contributed by atoms with E-state index in [2.05, 4.69) is 15.9 Å². The van der Waals surface area contributed by atoms with Crippen LogP contribution in [0.15, 0.2) is 0 Å². The van der Waals surface area contributed by atoms with E-state index >= 15 is 0 Å². The molecule has 0 bridgehead atoms. The molecule has 0 aliphatic carbocycles. The summed E-state index contributed by atoms with van der Waals surface area (Å²) in [5, 5.41) is 9.41. The van der Waals surface area contributed by atoms with E-state index in [4.69, 9.17) is 5.73 Å². The van der Waals surface area contributed by atoms with E-state index in [0.717, 1.165) is 0 Å². The smallest absolute Gasteiger partial charge is 0.240 e. The number of β-amino-alcohol motifs (C(OH)–C–C–N with tert-alkyl or cyclic N) is 1. The van der Waals surface area contributed by atoms with Crippen LogP contribution in [0.3, 0.4) is 0 Å². The zero-order valence-electron chi connectivity index (χ0n) is 8.52. The van der Waals surface area contributed by atoms with Gasteiger partial charge in [-0.2, -0.15) is 0 Å². The molecule has 0 aromatic heterocycles. The summed E-state index contributed by atoms with van der Waals surface area (Å²) in [6.45, 7) is 2.05. The molecule has 1 saturated heterocycles. The predicted molar refractivity (Wildman–Crippen MR) is 58.3 cm³/mol. The summed E-state index contributed by atoms with van der Waals surface area (Å²) in [4.78, 5) is 23.9. The summed E-state index contributed by atoms with van der Waals surface area (Å²) >= 11 is 3.22. The van der Waals surface area contributed by atoms with E-state index in [1.54, 1.807) is 0 Å². The molecular formula is C9H15BrN2O3. The number of nitrogens with zero attached hydrogens (tertiary/aromatic N) is 1. The van der Waals surface area contributed by atoms with E-state index in [0.29, 0.717) is 6.42 Å². The van der Waals surface area contributed by atoms with Gasteiger partial charge in [-0.15, -0.1) is 0 Å². The first-order valence-corrected chi connectivity index (χ1v) is 5.80. The molecule has 0 spiro atoms. The number of alkyl halides is 1. The summed E-state index contributed by atoms with van der Waals surface area (Å²) in [6, 6.07) is -0.668. The number of rotatable bonds is 3. The van der Waals surface area contributed by atoms with Crippen molar-refractivity contribution in [2.24, 2.45) is 5.73 Å². The fourth-order valence-electron chi connectivity index (χ4n) is 1.68. The van der Waals surface area contributed by atoms with Crippen molar-refractivity contribution in [1.82, 2.24) is 4.90 Å². The van der Waals surface area contributed by atoms with Crippen molar-refractivity contribution in [2.75, 3.05) is 6.54 Å². The van der Waals surface area contributed by atoms with E-state index in [9.17, 15) is 14.7 Å². The largest absolute Gasteiger partial charge is 0.391 e. The normalized spacial score (nSPS) is 27.8. The Kier molecular flexibility index (Phi) is 4.10. The van der Waals surface area contributed by atoms with Crippen molar-refractivity contribution in [2.45, 2.75) is 36.7 Å². The van der Waals surface area contributed by atoms with Crippen molar-refractivity contribution in [3.8, 4) is 0 Å². The third kappa shape index (κ3) is 2.69. The zero-order chi connectivity index (χ0) is 11.6. The van der Waals surface area contributed by atoms with Gasteiger partial charge in [0.15, 0.2) is 0 Å². The maximum atomic E-state index is 11.8. The van der Waals surface area contributed by atoms with Crippen LogP contribution >= 0.6 is 15.9 Å². The summed E-state index contributed by atoms with van der Waals surface area (Å²) in [7, 11) is 0. The lowest BCUT2D eigenvalue weighted by atomic mass is 10.2. The van der Waals surface area contributed by atoms with Crippen molar-refractivity contribution < 1.29 is 14.7 Å². The van der Waals surface area contributed by atoms with Crippen molar-refractivity contribution in [3.05, 3.63) is 0 Å². The quantitative estimate of drug-likeness (QED) is 0.690. The van der Waals surface area contributed by atoms with Crippen LogP contribution < -0.4 is 5.73 Å². The number of carbonyl (C=O) groups excluding carboxylic acids is 2. The van der Waals surface area contributed by atoms with Gasteiger partial charge >= 0.3 is 0 Å². The van der Waals surface area contributed by atoms with Gasteiger partial charge < -0.3 is 15.7 Å². The maximum absolute atomic E-state index is 11.8. The highest BCUT2D eigenvalue weighted by molar-refractivity contribution is 9.10. The van der Waals surface area contributed by atoms with Crippen LogP contribution in [0.1, 0.15) is 19.8 Å². The fraction of sp³-hybridized carbons (Fsp3) is 0.778. The first kappa shape index (κ1) is 12.4. The average molecular weight is 279 g/mol. The van der Waals surface area contributed by atoms with Crippen LogP contribution in [0.2, 0.25) is 0 Å². The first-order valence-electron chi connectivity index (χ1n) is 4.89. The van der Waals surface area contributed by atoms with Gasteiger partial charge in [-0.1, -0.05) is 22.9 Å². The molecular weight excluding hydrogens is 264 g/mol. The van der Waals surface area contributed by atoms with Crippen molar-refractivity contribution in [1.29, 1.82) is 0 Å². The highest BCUT2D eigenvalue weighted by Crippen LogP contribution is 2.21. The number of carbonyl (C=O) groups is 2. The number of likely N-dealkylation sites (tertiary alicyclic amines) is 1. The summed E-state index contributed by atoms with van der Waals surface area (Å²) in [5.41, 5.74) is 5.17. The highest BCUT2D eigenvalue weighted by Gasteiger charge is 2.39. The molecule has 0 radical (unpaired) electrons. The number of aliphatic hydroxyl groups excluding tert-OH is 1. The third-order valence-electron chi connectivity index (χ3n) is 2.52. The maximum Gasteiger partial charge on any atom is 0.240 e. The molecule has 1 heterocycles. The molecule has 2 amide bonds. The number of nitrogens with two attached hydrogens (primary N) is 1. The number of amides is 2. The molecule has 1 fully saturated rings. The second-order valence-corrected chi connectivity index (χ2v) is 4.78. The minimum atomic E-state index is -0.668. The van der Waals surface area contributed by atoms with Crippen molar-refractivity contribution >= 4 is 27.7 Å². The molecule has 0 saturated carbocycles. The Morgan fingerprint density at radius 1 is 1.67 bits per heavy atom. The van der Waals surface area contributed by atoms with Gasteiger partial charge in [0, 0.05) is 13.0 Å². The Morgan fingerprint density at radius 2 is 2.27 bits per heavy atom. The van der Waals surface area contributed by atoms with E-state index in [-0.39, 0.29) is 23.7 Å². The molecule has 15 heavy (non-hydrogen) atoms. The third-order valence-corrected chi connectivity index (χ3v) is 3.56. The van der Waals surface area contributed by atoms with Crippen molar-refractivity contribution in [3.63, 3.8) is 0 Å². The molecule has 3 unspecified atom stereocenters. The standard InChI is InChI=1S/C9H15BrN2O3/c1-2-6(10)9(15)12-4-5(13)3-7(12)8(11)14/h5-7,13H,2-4H2,1H3,(H2,11,14). The first-order chi connectivity index (χ1) is 6.97. The molecule has 1 aliphatic heterocycles. The average Bonchev–Trinajstić information content (AvgIpc) is 2.58. The van der Waals surface area contributed by atoms with Gasteiger partial charge in [0.1, 0.15) is 6.04 Å². The molecule has 5 nitrogen and oxygen atoms in total. The minimum Gasteiger partial charge on any atom is -0.391 e. The van der Waals surface area contributed by atoms with Gasteiger partial charge in [-0.25, -0.2) is 0 Å². The number of aliphatic hydroxyl groups is 1. The highest BCUT2D eigenvalue weighted by atomic mass is 79.9. The molecule has 1 aliphatic rings. The van der Waals surface area contributed by atoms with Crippen LogP contribution in [0.5, 0.6) is 0 Å². The Labute approximate surface area is 96.7 Å². The predicted octanol–water partition coefficient (Wildman–Crippen LogP) is -0.393. The minimum absolute atomic E-state index is 0.183. The summed E-state index contributed by atoms with van der Waals surface area (Å²) in [6.07, 6.45) is 0.226. The van der Waals surface area contributed by atoms with Crippen LogP contribution in [-0.2, 0) is 9.59 Å². The SMILES string of the molecule is CCC(Br)C(=O)N1CC(O)CC1C(N)=O. The second-order valence-electron chi connectivity index (χ2n) is 3.67. The Morgan fingerprint density at radius 3 is 2.73 bits per heavy atom. The van der Waals surface area contributed by atoms with Crippen LogP contribution in [-0.4, -0.2) is 45.3 Å². The Balaban J connectivity index is 2.75. The topological polar surface area (TPSA) is 83.6 Å². The molecule has 0 aromatic rings. The molecule has 3 atom stereocenters. The molecule has 0 aromatic carbocycles. The van der Waals surface area contributed by atoms with Crippen LogP contribution in [0.4, 0.5) is 0 Å². The lowest BCUT2D eigenvalue weighted by molar-refractivity contribution is -0.136. The fourth-order valence-corrected chi connectivity index (χ4v) is 1.94. The van der Waals surface area contributed by atoms with E-state index in [1.165, 1.54) is 4.90 Å². The van der Waals surface area contributed by atoms with Gasteiger partial charge in [-0.05, 0) is 6.42 Å². The lowest BCUT2D eigenvalue weighted by Crippen LogP contribution is -2.46. The summed E-state index contributed by atoms with van der Waals surface area (Å²) < 4.78 is 0. The van der Waals surface area contributed by atoms with Gasteiger partial charge in [0.2, 0.25) is 11.8 Å². The zero-order valence-corrected chi connectivity index (χ0v) is 10.1. The number of hydrogen-bond acceptors (Lipinski definition) is 3. The molecule has 86 valence electrons. The second kappa shape index (κ2) is 4.94.